The summed E-state index contributed by atoms with van der Waals surface area (Å²) < 4.78 is 39.7. The van der Waals surface area contributed by atoms with Crippen LogP contribution in [0.5, 0.6) is 0 Å². The molecule has 0 amide bonds. The Morgan fingerprint density at radius 2 is 1.70 bits per heavy atom. The number of methoxy groups -OCH3 is 1. The number of hydrogen-bond donors (Lipinski definition) is 1. The molecule has 0 unspecified atom stereocenters. The average molecular weight is 558 g/mol. The molecule has 1 aromatic heterocycles. The Morgan fingerprint density at radius 3 is 2.22 bits per heavy atom. The molecule has 2 aliphatic heterocycles. The van der Waals surface area contributed by atoms with Gasteiger partial charge >= 0.3 is 28.8 Å². The standard InChI is InChI=1S/C24H43N3O8Si2/c1-14(2)36(15(3)4)32-12-18-21(34-37(35-36,16(5)6)17(7)8)22(31-13-20(28)30-9)23(33-18)27-11-10-19(25)26-24(27)29/h10-11,14-18,21-23H,12-13H2,1-9H3,(H2,25,26,29)/t18-,21-,22-,23-/m1/s1. The van der Waals surface area contributed by atoms with E-state index < -0.39 is 53.3 Å². The average Bonchev–Trinajstić information content (AvgIpc) is 3.12. The molecule has 11 nitrogen and oxygen atoms in total. The molecule has 0 bridgehead atoms. The van der Waals surface area contributed by atoms with Crippen molar-refractivity contribution >= 4 is 28.9 Å². The SMILES string of the molecule is COC(=O)CO[C@@H]1[C@@H]2O[Si](C(C)C)(C(C)C)O[Si](C(C)C)(C(C)C)OC[C@H]2O[C@H]1n1ccc(N)nc1=O. The van der Waals surface area contributed by atoms with E-state index in [1.807, 2.05) is 0 Å². The first-order valence-corrected chi connectivity index (χ1v) is 16.9. The zero-order valence-corrected chi connectivity index (χ0v) is 25.4. The normalized spacial score (nSPS) is 27.4. The minimum absolute atomic E-state index is 0.0837. The fourth-order valence-electron chi connectivity index (χ4n) is 5.37. The zero-order valence-electron chi connectivity index (χ0n) is 23.4. The van der Waals surface area contributed by atoms with Gasteiger partial charge in [-0.15, -0.1) is 0 Å². The van der Waals surface area contributed by atoms with Gasteiger partial charge in [0.15, 0.2) is 6.23 Å². The van der Waals surface area contributed by atoms with Crippen LogP contribution in [0.15, 0.2) is 17.1 Å². The zero-order chi connectivity index (χ0) is 27.7. The van der Waals surface area contributed by atoms with Gasteiger partial charge in [-0.05, 0) is 28.2 Å². The molecule has 1 aromatic rings. The van der Waals surface area contributed by atoms with Gasteiger partial charge in [-0.2, -0.15) is 4.98 Å². The number of nitrogen functional groups attached to an aromatic ring is 1. The molecule has 0 saturated carbocycles. The van der Waals surface area contributed by atoms with E-state index in [1.54, 1.807) is 0 Å². The fourth-order valence-corrected chi connectivity index (χ4v) is 16.6. The maximum Gasteiger partial charge on any atom is 0.351 e. The van der Waals surface area contributed by atoms with Crippen LogP contribution in [0.25, 0.3) is 0 Å². The van der Waals surface area contributed by atoms with Crippen molar-refractivity contribution in [2.75, 3.05) is 26.1 Å². The monoisotopic (exact) mass is 557 g/mol. The van der Waals surface area contributed by atoms with Crippen LogP contribution < -0.4 is 11.4 Å². The maximum atomic E-state index is 12.8. The summed E-state index contributed by atoms with van der Waals surface area (Å²) in [5.74, 6) is -0.452. The molecule has 0 aromatic carbocycles. The Balaban J connectivity index is 2.14. The van der Waals surface area contributed by atoms with Crippen LogP contribution >= 0.6 is 0 Å². The third-order valence-corrected chi connectivity index (χ3v) is 17.6. The summed E-state index contributed by atoms with van der Waals surface area (Å²) >= 11 is 0. The number of nitrogens with two attached hydrogens (primary N) is 1. The number of carbonyl (C=O) groups is 1. The summed E-state index contributed by atoms with van der Waals surface area (Å²) in [6.45, 7) is 16.9. The van der Waals surface area contributed by atoms with Crippen LogP contribution in [-0.2, 0) is 32.0 Å². The number of fused-ring (bicyclic) bond motifs is 1. The fraction of sp³-hybridized carbons (Fsp3) is 0.792. The second-order valence-corrected chi connectivity index (χ2v) is 19.9. The Hall–Kier alpha value is -1.62. The molecule has 2 fully saturated rings. The molecular weight excluding hydrogens is 514 g/mol. The number of carbonyl (C=O) groups excluding carboxylic acids is 1. The first-order valence-electron chi connectivity index (χ1n) is 13.0. The van der Waals surface area contributed by atoms with E-state index in [0.29, 0.717) is 0 Å². The summed E-state index contributed by atoms with van der Waals surface area (Å²) in [5.41, 5.74) is 5.63. The molecule has 0 radical (unpaired) electrons. The van der Waals surface area contributed by atoms with Crippen LogP contribution in [0.1, 0.15) is 61.6 Å². The van der Waals surface area contributed by atoms with Crippen molar-refractivity contribution in [1.82, 2.24) is 9.55 Å². The number of anilines is 1. The second-order valence-electron chi connectivity index (χ2n) is 11.0. The maximum absolute atomic E-state index is 12.8. The van der Waals surface area contributed by atoms with E-state index in [0.717, 1.165) is 0 Å². The lowest BCUT2D eigenvalue weighted by Gasteiger charge is -2.51. The molecule has 37 heavy (non-hydrogen) atoms. The highest BCUT2D eigenvalue weighted by Gasteiger charge is 2.62. The predicted octanol–water partition coefficient (Wildman–Crippen LogP) is 3.24. The van der Waals surface area contributed by atoms with Crippen LogP contribution in [0.4, 0.5) is 5.82 Å². The summed E-state index contributed by atoms with van der Waals surface area (Å²) in [6.07, 6.45) is -1.44. The quantitative estimate of drug-likeness (QED) is 0.375. The molecule has 4 atom stereocenters. The third kappa shape index (κ3) is 5.72. The Bertz CT molecular complexity index is 986. The van der Waals surface area contributed by atoms with E-state index in [9.17, 15) is 9.59 Å². The van der Waals surface area contributed by atoms with Crippen molar-refractivity contribution in [2.45, 2.75) is 102 Å². The van der Waals surface area contributed by atoms with Gasteiger partial charge in [0.1, 0.15) is 30.7 Å². The van der Waals surface area contributed by atoms with Crippen molar-refractivity contribution in [2.24, 2.45) is 0 Å². The number of aromatic nitrogens is 2. The summed E-state index contributed by atoms with van der Waals surface area (Å²) in [6, 6.07) is 1.51. The van der Waals surface area contributed by atoms with Gasteiger partial charge in [0, 0.05) is 6.20 Å². The van der Waals surface area contributed by atoms with Crippen LogP contribution in [0.2, 0.25) is 22.2 Å². The van der Waals surface area contributed by atoms with Gasteiger partial charge < -0.3 is 32.9 Å². The number of ether oxygens (including phenoxy) is 3. The highest BCUT2D eigenvalue weighted by atomic mass is 28.5. The molecule has 13 heteroatoms. The van der Waals surface area contributed by atoms with Crippen LogP contribution in [0, 0.1) is 0 Å². The number of hydrogen-bond acceptors (Lipinski definition) is 10. The lowest BCUT2D eigenvalue weighted by Crippen LogP contribution is -2.66. The molecule has 2 saturated heterocycles. The largest absolute Gasteiger partial charge is 0.467 e. The highest BCUT2D eigenvalue weighted by molar-refractivity contribution is 6.84. The van der Waals surface area contributed by atoms with Crippen LogP contribution in [0.3, 0.4) is 0 Å². The van der Waals surface area contributed by atoms with Crippen molar-refractivity contribution < 1.29 is 32.0 Å². The number of rotatable bonds is 8. The van der Waals surface area contributed by atoms with Gasteiger partial charge in [-0.1, -0.05) is 55.4 Å². The van der Waals surface area contributed by atoms with E-state index in [2.05, 4.69) is 60.4 Å². The number of nitrogens with zero attached hydrogens (tertiary/aromatic N) is 2. The van der Waals surface area contributed by atoms with E-state index in [4.69, 9.17) is 32.9 Å². The van der Waals surface area contributed by atoms with Gasteiger partial charge in [-0.25, -0.2) is 9.59 Å². The van der Waals surface area contributed by atoms with Crippen molar-refractivity contribution in [1.29, 1.82) is 0 Å². The lowest BCUT2D eigenvalue weighted by atomic mass is 10.1. The summed E-state index contributed by atoms with van der Waals surface area (Å²) in [7, 11) is -4.48. The first-order chi connectivity index (χ1) is 17.3. The van der Waals surface area contributed by atoms with E-state index in [1.165, 1.54) is 23.9 Å². The Labute approximate surface area is 221 Å². The molecule has 210 valence electrons. The second kappa shape index (κ2) is 11.6. The van der Waals surface area contributed by atoms with Gasteiger partial charge in [0.25, 0.3) is 0 Å². The summed E-state index contributed by atoms with van der Waals surface area (Å²) in [5, 5.41) is 0. The van der Waals surface area contributed by atoms with Crippen LogP contribution in [-0.4, -0.2) is 71.3 Å². The van der Waals surface area contributed by atoms with Gasteiger partial charge in [0.05, 0.1) is 13.7 Å². The van der Waals surface area contributed by atoms with Gasteiger partial charge in [-0.3, -0.25) is 4.57 Å². The molecular formula is C24H43N3O8Si2. The Kier molecular flexibility index (Phi) is 9.41. The van der Waals surface area contributed by atoms with Crippen molar-refractivity contribution in [3.63, 3.8) is 0 Å². The van der Waals surface area contributed by atoms with Gasteiger partial charge in [0.2, 0.25) is 0 Å². The molecule has 3 rings (SSSR count). The topological polar surface area (TPSA) is 133 Å². The smallest absolute Gasteiger partial charge is 0.351 e. The highest BCUT2D eigenvalue weighted by Crippen LogP contribution is 2.48. The van der Waals surface area contributed by atoms with Crippen molar-refractivity contribution in [3.05, 3.63) is 22.7 Å². The van der Waals surface area contributed by atoms with E-state index >= 15 is 0 Å². The Morgan fingerprint density at radius 1 is 1.11 bits per heavy atom. The molecule has 0 spiro atoms. The lowest BCUT2D eigenvalue weighted by molar-refractivity contribution is -0.152. The molecule has 0 aliphatic carbocycles. The van der Waals surface area contributed by atoms with E-state index in [-0.39, 0.29) is 41.2 Å². The number of esters is 1. The third-order valence-electron chi connectivity index (χ3n) is 7.36. The first kappa shape index (κ1) is 29.9. The summed E-state index contributed by atoms with van der Waals surface area (Å²) in [4.78, 5) is 28.7. The van der Waals surface area contributed by atoms with Crippen molar-refractivity contribution in [3.8, 4) is 0 Å². The predicted molar refractivity (Wildman–Crippen MR) is 142 cm³/mol. The minimum atomic E-state index is -2.99. The minimum Gasteiger partial charge on any atom is -0.467 e. The molecule has 3 heterocycles. The molecule has 2 N–H and O–H groups in total. The molecule has 2 aliphatic rings.